The van der Waals surface area contributed by atoms with Crippen LogP contribution in [0.5, 0.6) is 0 Å². The molecule has 2 aromatic rings. The maximum atomic E-state index is 12.4. The van der Waals surface area contributed by atoms with Crippen molar-refractivity contribution >= 4 is 23.2 Å². The summed E-state index contributed by atoms with van der Waals surface area (Å²) >= 11 is 0. The Labute approximate surface area is 161 Å². The fourth-order valence-corrected chi connectivity index (χ4v) is 3.16. The van der Waals surface area contributed by atoms with Crippen LogP contribution in [-0.4, -0.2) is 36.9 Å². The van der Waals surface area contributed by atoms with Crippen LogP contribution in [0.2, 0.25) is 0 Å². The third kappa shape index (κ3) is 5.93. The normalized spacial score (nSPS) is 10.8. The molecule has 2 rings (SSSR count). The molecule has 0 fully saturated rings. The SMILES string of the molecule is Cc1cc(C)c(NC(=O)CN(C)CC(=O)Nc2cc(C)ccc2C)c(C)c1. The number of hydrogen-bond acceptors (Lipinski definition) is 3. The zero-order valence-electron chi connectivity index (χ0n) is 17.1. The first-order valence-electron chi connectivity index (χ1n) is 9.09. The van der Waals surface area contributed by atoms with Gasteiger partial charge in [-0.15, -0.1) is 0 Å². The first-order valence-corrected chi connectivity index (χ1v) is 9.09. The summed E-state index contributed by atoms with van der Waals surface area (Å²) in [6.45, 7) is 10.2. The van der Waals surface area contributed by atoms with Crippen LogP contribution < -0.4 is 10.6 Å². The number of rotatable bonds is 6. The summed E-state index contributed by atoms with van der Waals surface area (Å²) in [4.78, 5) is 26.4. The van der Waals surface area contributed by atoms with E-state index in [1.807, 2.05) is 65.0 Å². The van der Waals surface area contributed by atoms with Gasteiger partial charge in [-0.2, -0.15) is 0 Å². The third-order valence-electron chi connectivity index (χ3n) is 4.44. The van der Waals surface area contributed by atoms with Gasteiger partial charge >= 0.3 is 0 Å². The Morgan fingerprint density at radius 2 is 1.33 bits per heavy atom. The van der Waals surface area contributed by atoms with Gasteiger partial charge in [0.1, 0.15) is 0 Å². The number of aryl methyl sites for hydroxylation is 5. The second kappa shape index (κ2) is 8.82. The predicted octanol–water partition coefficient (Wildman–Crippen LogP) is 3.74. The summed E-state index contributed by atoms with van der Waals surface area (Å²) in [5.74, 6) is -0.270. The summed E-state index contributed by atoms with van der Waals surface area (Å²) < 4.78 is 0. The first kappa shape index (κ1) is 20.6. The van der Waals surface area contributed by atoms with E-state index in [2.05, 4.69) is 10.6 Å². The standard InChI is InChI=1S/C22H29N3O2/c1-14-7-8-16(3)19(11-14)23-20(26)12-25(6)13-21(27)24-22-17(4)9-15(2)10-18(22)5/h7-11H,12-13H2,1-6H3,(H,23,26)(H,24,27). The molecule has 27 heavy (non-hydrogen) atoms. The molecule has 2 amide bonds. The van der Waals surface area contributed by atoms with Crippen molar-refractivity contribution in [2.24, 2.45) is 0 Å². The van der Waals surface area contributed by atoms with Crippen molar-refractivity contribution in [3.05, 3.63) is 58.1 Å². The molecule has 0 aromatic heterocycles. The van der Waals surface area contributed by atoms with Crippen molar-refractivity contribution < 1.29 is 9.59 Å². The molecule has 2 aromatic carbocycles. The highest BCUT2D eigenvalue weighted by Crippen LogP contribution is 2.21. The molecule has 0 spiro atoms. The molecule has 5 heteroatoms. The number of anilines is 2. The Bertz CT molecular complexity index is 836. The molecule has 144 valence electrons. The van der Waals surface area contributed by atoms with Crippen LogP contribution in [0.3, 0.4) is 0 Å². The molecule has 0 atom stereocenters. The van der Waals surface area contributed by atoms with Crippen molar-refractivity contribution in [1.29, 1.82) is 0 Å². The maximum absolute atomic E-state index is 12.4. The Balaban J connectivity index is 1.91. The lowest BCUT2D eigenvalue weighted by molar-refractivity contribution is -0.119. The van der Waals surface area contributed by atoms with Gasteiger partial charge in [-0.05, 0) is 70.0 Å². The van der Waals surface area contributed by atoms with Gasteiger partial charge in [-0.3, -0.25) is 14.5 Å². The van der Waals surface area contributed by atoms with E-state index in [1.165, 1.54) is 5.56 Å². The zero-order valence-corrected chi connectivity index (χ0v) is 17.1. The predicted molar refractivity (Wildman–Crippen MR) is 111 cm³/mol. The van der Waals surface area contributed by atoms with Crippen LogP contribution in [0.4, 0.5) is 11.4 Å². The van der Waals surface area contributed by atoms with Gasteiger partial charge in [0, 0.05) is 11.4 Å². The minimum Gasteiger partial charge on any atom is -0.325 e. The molecule has 0 unspecified atom stereocenters. The molecule has 0 heterocycles. The van der Waals surface area contributed by atoms with Crippen molar-refractivity contribution in [2.75, 3.05) is 30.8 Å². The van der Waals surface area contributed by atoms with Crippen LogP contribution in [0.1, 0.15) is 27.8 Å². The monoisotopic (exact) mass is 367 g/mol. The Morgan fingerprint density at radius 1 is 0.778 bits per heavy atom. The number of nitrogens with zero attached hydrogens (tertiary/aromatic N) is 1. The molecule has 2 N–H and O–H groups in total. The van der Waals surface area contributed by atoms with E-state index in [9.17, 15) is 9.59 Å². The number of carbonyl (C=O) groups excluding carboxylic acids is 2. The molecule has 5 nitrogen and oxygen atoms in total. The van der Waals surface area contributed by atoms with Gasteiger partial charge in [0.25, 0.3) is 0 Å². The molecular weight excluding hydrogens is 338 g/mol. The third-order valence-corrected chi connectivity index (χ3v) is 4.44. The highest BCUT2D eigenvalue weighted by molar-refractivity contribution is 5.95. The van der Waals surface area contributed by atoms with Gasteiger partial charge in [-0.1, -0.05) is 29.8 Å². The highest BCUT2D eigenvalue weighted by Gasteiger charge is 2.14. The van der Waals surface area contributed by atoms with Crippen molar-refractivity contribution in [3.8, 4) is 0 Å². The van der Waals surface area contributed by atoms with Crippen molar-refractivity contribution in [1.82, 2.24) is 4.90 Å². The number of amides is 2. The van der Waals surface area contributed by atoms with E-state index in [1.54, 1.807) is 11.9 Å². The second-order valence-electron chi connectivity index (χ2n) is 7.36. The molecule has 0 saturated carbocycles. The van der Waals surface area contributed by atoms with Gasteiger partial charge in [0.2, 0.25) is 11.8 Å². The fourth-order valence-electron chi connectivity index (χ4n) is 3.16. The molecule has 0 bridgehead atoms. The van der Waals surface area contributed by atoms with E-state index < -0.39 is 0 Å². The lowest BCUT2D eigenvalue weighted by atomic mass is 10.1. The quantitative estimate of drug-likeness (QED) is 0.818. The van der Waals surface area contributed by atoms with Gasteiger partial charge in [-0.25, -0.2) is 0 Å². The summed E-state index contributed by atoms with van der Waals surface area (Å²) in [6, 6.07) is 10.0. The summed E-state index contributed by atoms with van der Waals surface area (Å²) in [6.07, 6.45) is 0. The summed E-state index contributed by atoms with van der Waals surface area (Å²) in [5.41, 5.74) is 7.00. The van der Waals surface area contributed by atoms with Gasteiger partial charge in [0.15, 0.2) is 0 Å². The van der Waals surface area contributed by atoms with Crippen LogP contribution in [0.25, 0.3) is 0 Å². The first-order chi connectivity index (χ1) is 12.7. The minimum atomic E-state index is -0.137. The van der Waals surface area contributed by atoms with E-state index >= 15 is 0 Å². The Kier molecular flexibility index (Phi) is 6.75. The zero-order chi connectivity index (χ0) is 20.1. The molecule has 0 aliphatic rings. The lowest BCUT2D eigenvalue weighted by Gasteiger charge is -2.18. The van der Waals surface area contributed by atoms with E-state index in [-0.39, 0.29) is 24.9 Å². The number of carbonyl (C=O) groups is 2. The number of nitrogens with one attached hydrogen (secondary N) is 2. The van der Waals surface area contributed by atoms with Crippen molar-refractivity contribution in [3.63, 3.8) is 0 Å². The van der Waals surface area contributed by atoms with Crippen LogP contribution >= 0.6 is 0 Å². The molecule has 0 aliphatic heterocycles. The van der Waals surface area contributed by atoms with Crippen LogP contribution in [0, 0.1) is 34.6 Å². The van der Waals surface area contributed by atoms with E-state index in [0.717, 1.165) is 33.6 Å². The average molecular weight is 367 g/mol. The van der Waals surface area contributed by atoms with E-state index in [4.69, 9.17) is 0 Å². The van der Waals surface area contributed by atoms with Gasteiger partial charge < -0.3 is 10.6 Å². The second-order valence-corrected chi connectivity index (χ2v) is 7.36. The lowest BCUT2D eigenvalue weighted by Crippen LogP contribution is -2.36. The number of hydrogen-bond donors (Lipinski definition) is 2. The number of benzene rings is 2. The summed E-state index contributed by atoms with van der Waals surface area (Å²) in [5, 5.41) is 5.88. The Morgan fingerprint density at radius 3 is 1.93 bits per heavy atom. The van der Waals surface area contributed by atoms with Crippen molar-refractivity contribution in [2.45, 2.75) is 34.6 Å². The molecule has 0 radical (unpaired) electrons. The highest BCUT2D eigenvalue weighted by atomic mass is 16.2. The molecule has 0 aliphatic carbocycles. The number of likely N-dealkylation sites (N-methyl/N-ethyl adjacent to an activating group) is 1. The maximum Gasteiger partial charge on any atom is 0.238 e. The molecular formula is C22H29N3O2. The average Bonchev–Trinajstić information content (AvgIpc) is 2.54. The fraction of sp³-hybridized carbons (Fsp3) is 0.364. The van der Waals surface area contributed by atoms with Gasteiger partial charge in [0.05, 0.1) is 13.1 Å². The minimum absolute atomic E-state index is 0.132. The smallest absolute Gasteiger partial charge is 0.238 e. The summed E-state index contributed by atoms with van der Waals surface area (Å²) in [7, 11) is 1.76. The largest absolute Gasteiger partial charge is 0.325 e. The topological polar surface area (TPSA) is 61.4 Å². The van der Waals surface area contributed by atoms with E-state index in [0.29, 0.717) is 0 Å². The Hall–Kier alpha value is -2.66. The molecule has 0 saturated heterocycles. The van der Waals surface area contributed by atoms with Crippen LogP contribution in [0.15, 0.2) is 30.3 Å². The van der Waals surface area contributed by atoms with Crippen LogP contribution in [-0.2, 0) is 9.59 Å².